The molecule has 2 fully saturated rings. The zero-order chi connectivity index (χ0) is 22.1. The number of amides is 4. The van der Waals surface area contributed by atoms with Crippen molar-refractivity contribution in [2.75, 3.05) is 26.2 Å². The van der Waals surface area contributed by atoms with Gasteiger partial charge in [0.25, 0.3) is 0 Å². The van der Waals surface area contributed by atoms with Crippen LogP contribution in [0.4, 0.5) is 4.79 Å². The minimum absolute atomic E-state index is 0.0385. The van der Waals surface area contributed by atoms with E-state index < -0.39 is 17.8 Å². The van der Waals surface area contributed by atoms with E-state index in [4.69, 9.17) is 9.47 Å². The molecular formula is C23H24N4O5. The Labute approximate surface area is 185 Å². The fourth-order valence-electron chi connectivity index (χ4n) is 4.51. The molecule has 2 aromatic rings. The number of piperidine rings is 1. The Morgan fingerprint density at radius 1 is 1.03 bits per heavy atom. The zero-order valence-corrected chi connectivity index (χ0v) is 17.6. The molecular weight excluding hydrogens is 412 g/mol. The number of rotatable bonds is 5. The molecule has 0 saturated carbocycles. The van der Waals surface area contributed by atoms with Crippen molar-refractivity contribution in [2.45, 2.75) is 31.5 Å². The van der Waals surface area contributed by atoms with Crippen molar-refractivity contribution in [3.8, 4) is 11.5 Å². The molecule has 166 valence electrons. The molecule has 32 heavy (non-hydrogen) atoms. The van der Waals surface area contributed by atoms with Crippen molar-refractivity contribution in [1.29, 1.82) is 0 Å². The van der Waals surface area contributed by atoms with Crippen molar-refractivity contribution in [2.24, 2.45) is 0 Å². The van der Waals surface area contributed by atoms with Crippen molar-refractivity contribution in [1.82, 2.24) is 19.7 Å². The second-order valence-corrected chi connectivity index (χ2v) is 8.26. The normalized spacial score (nSPS) is 23.7. The van der Waals surface area contributed by atoms with Crippen LogP contribution in [0, 0.1) is 0 Å². The first-order valence-electron chi connectivity index (χ1n) is 10.8. The van der Waals surface area contributed by atoms with E-state index in [2.05, 4.69) is 9.88 Å². The fraction of sp³-hybridized carbons (Fsp3) is 0.391. The average molecular weight is 436 g/mol. The highest BCUT2D eigenvalue weighted by Gasteiger charge is 2.48. The summed E-state index contributed by atoms with van der Waals surface area (Å²) in [4.78, 5) is 46.5. The molecule has 1 aromatic carbocycles. The van der Waals surface area contributed by atoms with Crippen LogP contribution >= 0.6 is 0 Å². The number of likely N-dealkylation sites (tertiary alicyclic amines) is 1. The summed E-state index contributed by atoms with van der Waals surface area (Å²) >= 11 is 0. The topological polar surface area (TPSA) is 92.3 Å². The van der Waals surface area contributed by atoms with Gasteiger partial charge in [0, 0.05) is 25.5 Å². The Bertz CT molecular complexity index is 1030. The molecule has 5 rings (SSSR count). The second-order valence-electron chi connectivity index (χ2n) is 8.26. The van der Waals surface area contributed by atoms with Crippen LogP contribution < -0.4 is 9.47 Å². The van der Waals surface area contributed by atoms with Gasteiger partial charge in [0.15, 0.2) is 11.5 Å². The van der Waals surface area contributed by atoms with E-state index in [1.807, 2.05) is 24.3 Å². The maximum absolute atomic E-state index is 13.0. The molecule has 0 radical (unpaired) electrons. The van der Waals surface area contributed by atoms with Gasteiger partial charge in [-0.05, 0) is 43.1 Å². The molecule has 2 saturated heterocycles. The highest BCUT2D eigenvalue weighted by molar-refractivity contribution is 6.44. The predicted molar refractivity (Wildman–Crippen MR) is 113 cm³/mol. The third-order valence-electron chi connectivity index (χ3n) is 6.02. The summed E-state index contributed by atoms with van der Waals surface area (Å²) in [7, 11) is 0. The Kier molecular flexibility index (Phi) is 5.48. The van der Waals surface area contributed by atoms with Gasteiger partial charge in [-0.25, -0.2) is 4.79 Å². The lowest BCUT2D eigenvalue weighted by atomic mass is 10.0. The molecule has 3 aliphatic heterocycles. The minimum Gasteiger partial charge on any atom is -0.486 e. The molecule has 9 heteroatoms. The molecule has 4 amide bonds. The number of pyridine rings is 1. The van der Waals surface area contributed by atoms with Crippen LogP contribution in [0.1, 0.15) is 18.4 Å². The third-order valence-corrected chi connectivity index (χ3v) is 6.02. The lowest BCUT2D eigenvalue weighted by Crippen LogP contribution is -2.53. The number of hydrogen-bond acceptors (Lipinski definition) is 7. The van der Waals surface area contributed by atoms with Gasteiger partial charge in [0.1, 0.15) is 12.7 Å². The highest BCUT2D eigenvalue weighted by atomic mass is 16.6. The number of benzene rings is 1. The number of nitrogens with zero attached hydrogens (tertiary/aromatic N) is 4. The number of urea groups is 1. The SMILES string of the molecule is O=C1C(=O)N(C2CCCN(CC3COc4ccccc4O3)C2)C(=O)N1Cc1cccnc1. The van der Waals surface area contributed by atoms with E-state index in [-0.39, 0.29) is 18.7 Å². The third kappa shape index (κ3) is 3.91. The van der Waals surface area contributed by atoms with E-state index in [9.17, 15) is 14.4 Å². The van der Waals surface area contributed by atoms with E-state index in [0.29, 0.717) is 31.7 Å². The smallest absolute Gasteiger partial charge is 0.334 e. The van der Waals surface area contributed by atoms with Crippen molar-refractivity contribution in [3.05, 3.63) is 54.4 Å². The number of hydrogen-bond donors (Lipinski definition) is 0. The number of imide groups is 2. The van der Waals surface area contributed by atoms with Gasteiger partial charge in [-0.15, -0.1) is 0 Å². The van der Waals surface area contributed by atoms with Crippen molar-refractivity contribution >= 4 is 17.8 Å². The van der Waals surface area contributed by atoms with Gasteiger partial charge in [-0.1, -0.05) is 18.2 Å². The molecule has 2 unspecified atom stereocenters. The monoisotopic (exact) mass is 436 g/mol. The summed E-state index contributed by atoms with van der Waals surface area (Å²) in [6.45, 7) is 2.44. The molecule has 3 aliphatic rings. The zero-order valence-electron chi connectivity index (χ0n) is 17.6. The molecule has 1 aromatic heterocycles. The first kappa shape index (κ1) is 20.4. The van der Waals surface area contributed by atoms with E-state index in [1.165, 1.54) is 0 Å². The van der Waals surface area contributed by atoms with Crippen LogP contribution in [0.15, 0.2) is 48.8 Å². The molecule has 0 spiro atoms. The van der Waals surface area contributed by atoms with Crippen molar-refractivity contribution in [3.63, 3.8) is 0 Å². The summed E-state index contributed by atoms with van der Waals surface area (Å²) in [5.41, 5.74) is 0.698. The van der Waals surface area contributed by atoms with E-state index in [1.54, 1.807) is 24.5 Å². The number of aromatic nitrogens is 1. The van der Waals surface area contributed by atoms with Gasteiger partial charge in [0.05, 0.1) is 12.6 Å². The highest BCUT2D eigenvalue weighted by Crippen LogP contribution is 2.31. The Morgan fingerprint density at radius 3 is 2.69 bits per heavy atom. The fourth-order valence-corrected chi connectivity index (χ4v) is 4.51. The summed E-state index contributed by atoms with van der Waals surface area (Å²) < 4.78 is 11.9. The predicted octanol–water partition coefficient (Wildman–Crippen LogP) is 1.68. The van der Waals surface area contributed by atoms with Crippen LogP contribution in [-0.4, -0.2) is 75.9 Å². The molecule has 0 N–H and O–H groups in total. The van der Waals surface area contributed by atoms with Gasteiger partial charge in [0.2, 0.25) is 0 Å². The van der Waals surface area contributed by atoms with Crippen LogP contribution in [0.2, 0.25) is 0 Å². The van der Waals surface area contributed by atoms with E-state index >= 15 is 0 Å². The molecule has 0 bridgehead atoms. The van der Waals surface area contributed by atoms with Gasteiger partial charge >= 0.3 is 17.8 Å². The average Bonchev–Trinajstić information content (AvgIpc) is 3.03. The van der Waals surface area contributed by atoms with Crippen LogP contribution in [0.25, 0.3) is 0 Å². The Morgan fingerprint density at radius 2 is 1.88 bits per heavy atom. The quantitative estimate of drug-likeness (QED) is 0.520. The van der Waals surface area contributed by atoms with Gasteiger partial charge < -0.3 is 9.47 Å². The van der Waals surface area contributed by atoms with E-state index in [0.717, 1.165) is 34.3 Å². The number of ether oxygens (including phenoxy) is 2. The summed E-state index contributed by atoms with van der Waals surface area (Å²) in [5.74, 6) is -0.0758. The first-order chi connectivity index (χ1) is 15.6. The van der Waals surface area contributed by atoms with Gasteiger partial charge in [-0.2, -0.15) is 0 Å². The standard InChI is InChI=1S/C23H24N4O5/c28-21-22(29)27(23(30)26(21)12-16-5-3-9-24-11-16)17-6-4-10-25(13-17)14-18-15-31-19-7-1-2-8-20(19)32-18/h1-3,5,7-9,11,17-18H,4,6,10,12-15H2. The Hall–Kier alpha value is -3.46. The molecule has 0 aliphatic carbocycles. The maximum atomic E-state index is 13.0. The number of para-hydroxylation sites is 2. The van der Waals surface area contributed by atoms with Crippen LogP contribution in [-0.2, 0) is 16.1 Å². The van der Waals surface area contributed by atoms with Crippen LogP contribution in [0.3, 0.4) is 0 Å². The maximum Gasteiger partial charge on any atom is 0.334 e. The van der Waals surface area contributed by atoms with Crippen molar-refractivity contribution < 1.29 is 23.9 Å². The summed E-state index contributed by atoms with van der Waals surface area (Å²) in [5, 5.41) is 0. The second kappa shape index (κ2) is 8.58. The number of carbonyl (C=O) groups is 3. The molecule has 2 atom stereocenters. The first-order valence-corrected chi connectivity index (χ1v) is 10.8. The summed E-state index contributed by atoms with van der Waals surface area (Å²) in [6.07, 6.45) is 4.55. The lowest BCUT2D eigenvalue weighted by Gasteiger charge is -2.38. The lowest BCUT2D eigenvalue weighted by molar-refractivity contribution is -0.144. The van der Waals surface area contributed by atoms with Gasteiger partial charge in [-0.3, -0.25) is 29.3 Å². The largest absolute Gasteiger partial charge is 0.486 e. The van der Waals surface area contributed by atoms with Crippen LogP contribution in [0.5, 0.6) is 11.5 Å². The Balaban J connectivity index is 1.23. The number of fused-ring (bicyclic) bond motifs is 1. The number of carbonyl (C=O) groups excluding carboxylic acids is 3. The molecule has 4 heterocycles. The summed E-state index contributed by atoms with van der Waals surface area (Å²) in [6, 6.07) is 10.2. The minimum atomic E-state index is -0.781. The molecule has 9 nitrogen and oxygen atoms in total.